The van der Waals surface area contributed by atoms with E-state index < -0.39 is 180 Å². The molecule has 0 unspecified atom stereocenters. The predicted molar refractivity (Wildman–Crippen MR) is 341 cm³/mol. The first-order valence-corrected chi connectivity index (χ1v) is 31.9. The Morgan fingerprint density at radius 1 is 0.505 bits per heavy atom. The molecular formula is C63H102N14O16. The van der Waals surface area contributed by atoms with Gasteiger partial charge in [0, 0.05) is 38.6 Å². The molecule has 0 spiro atoms. The van der Waals surface area contributed by atoms with Crippen molar-refractivity contribution in [3.05, 3.63) is 35.9 Å². The Bertz CT molecular complexity index is 2810. The zero-order valence-corrected chi connectivity index (χ0v) is 55.8. The van der Waals surface area contributed by atoms with E-state index in [1.165, 1.54) is 39.5 Å². The Morgan fingerprint density at radius 2 is 0.957 bits per heavy atom. The van der Waals surface area contributed by atoms with Crippen molar-refractivity contribution in [1.82, 2.24) is 58.1 Å². The number of primary amides is 3. The molecule has 520 valence electrons. The van der Waals surface area contributed by atoms with E-state index in [-0.39, 0.29) is 63.3 Å². The summed E-state index contributed by atoms with van der Waals surface area (Å²) in [5.74, 6) is -13.2. The first-order chi connectivity index (χ1) is 43.3. The summed E-state index contributed by atoms with van der Waals surface area (Å²) in [5.41, 5.74) is 11.7. The molecule has 14 amide bonds. The molecule has 93 heavy (non-hydrogen) atoms. The highest BCUT2D eigenvalue weighted by atomic mass is 16.4. The predicted octanol–water partition coefficient (Wildman–Crippen LogP) is -0.594. The average molecular weight is 1310 g/mol. The lowest BCUT2D eigenvalue weighted by Crippen LogP contribution is -2.64. The molecule has 1 aliphatic heterocycles. The maximum atomic E-state index is 14.4. The lowest BCUT2D eigenvalue weighted by atomic mass is 9.98. The lowest BCUT2D eigenvalue weighted by Gasteiger charge is -2.34. The van der Waals surface area contributed by atoms with Gasteiger partial charge in [-0.1, -0.05) is 90.1 Å². The Balaban J connectivity index is 2.36. The molecule has 1 fully saturated rings. The number of aliphatic carboxylic acids is 1. The number of amides is 14. The van der Waals surface area contributed by atoms with E-state index in [0.29, 0.717) is 18.4 Å². The Hall–Kier alpha value is -8.73. The van der Waals surface area contributed by atoms with Crippen molar-refractivity contribution < 1.29 is 77.0 Å². The molecule has 1 aromatic carbocycles. The number of carbonyl (C=O) groups excluding carboxylic acids is 14. The number of hydrogen-bond donors (Lipinski definition) is 14. The van der Waals surface area contributed by atoms with Crippen LogP contribution in [0.2, 0.25) is 0 Å². The Labute approximate surface area is 544 Å². The van der Waals surface area contributed by atoms with Crippen LogP contribution < -0.4 is 70.4 Å². The monoisotopic (exact) mass is 1310 g/mol. The summed E-state index contributed by atoms with van der Waals surface area (Å²) in [6.45, 7) is 17.0. The minimum Gasteiger partial charge on any atom is -0.480 e. The number of hydrogen-bond acceptors (Lipinski definition) is 15. The van der Waals surface area contributed by atoms with Crippen molar-refractivity contribution in [3.8, 4) is 0 Å². The minimum atomic E-state index is -1.93. The molecular weight excluding hydrogens is 1210 g/mol. The van der Waals surface area contributed by atoms with Gasteiger partial charge >= 0.3 is 5.97 Å². The van der Waals surface area contributed by atoms with Gasteiger partial charge in [0.2, 0.25) is 82.7 Å². The third kappa shape index (κ3) is 28.4. The van der Waals surface area contributed by atoms with Crippen LogP contribution in [0.25, 0.3) is 0 Å². The van der Waals surface area contributed by atoms with Gasteiger partial charge in [0.05, 0.1) is 0 Å². The van der Waals surface area contributed by atoms with Crippen molar-refractivity contribution >= 4 is 88.7 Å². The molecule has 1 aromatic rings. The van der Waals surface area contributed by atoms with Crippen LogP contribution in [0.3, 0.4) is 0 Å². The van der Waals surface area contributed by atoms with Crippen molar-refractivity contribution in [2.45, 2.75) is 257 Å². The fourth-order valence-corrected chi connectivity index (χ4v) is 10.0. The van der Waals surface area contributed by atoms with Crippen molar-refractivity contribution in [2.75, 3.05) is 6.54 Å². The maximum Gasteiger partial charge on any atom is 0.326 e. The number of likely N-dealkylation sites (tertiary alicyclic amines) is 1. The zero-order chi connectivity index (χ0) is 70.6. The van der Waals surface area contributed by atoms with Gasteiger partial charge < -0.3 is 80.4 Å². The van der Waals surface area contributed by atoms with Gasteiger partial charge in [0.15, 0.2) is 0 Å². The molecule has 1 saturated heterocycles. The normalized spacial score (nSPS) is 15.4. The minimum absolute atomic E-state index is 0.0392. The third-order valence-corrected chi connectivity index (χ3v) is 15.4. The highest BCUT2D eigenvalue weighted by molar-refractivity contribution is 6.01. The molecule has 2 rings (SSSR count). The fraction of sp³-hybridized carbons (Fsp3) is 0.667. The molecule has 30 nitrogen and oxygen atoms in total. The van der Waals surface area contributed by atoms with Gasteiger partial charge in [-0.25, -0.2) is 4.79 Å². The molecule has 1 heterocycles. The van der Waals surface area contributed by atoms with Crippen molar-refractivity contribution in [2.24, 2.45) is 23.1 Å². The largest absolute Gasteiger partial charge is 0.480 e. The van der Waals surface area contributed by atoms with Crippen LogP contribution in [0.4, 0.5) is 0 Å². The second-order valence-corrected chi connectivity index (χ2v) is 25.7. The molecule has 0 aromatic heterocycles. The zero-order valence-electron chi connectivity index (χ0n) is 55.8. The van der Waals surface area contributed by atoms with Crippen LogP contribution in [0.5, 0.6) is 0 Å². The van der Waals surface area contributed by atoms with E-state index in [1.807, 2.05) is 0 Å². The molecule has 17 N–H and O–H groups in total. The smallest absolute Gasteiger partial charge is 0.326 e. The summed E-state index contributed by atoms with van der Waals surface area (Å²) in [6.07, 6.45) is 3.13. The highest BCUT2D eigenvalue weighted by Crippen LogP contribution is 2.23. The van der Waals surface area contributed by atoms with Crippen LogP contribution >= 0.6 is 0 Å². The number of carbonyl (C=O) groups is 15. The first kappa shape index (κ1) is 80.4. The number of benzene rings is 1. The van der Waals surface area contributed by atoms with E-state index in [0.717, 1.165) is 25.7 Å². The third-order valence-electron chi connectivity index (χ3n) is 15.4. The SMILES string of the molecule is CCCCCCCC(=O)NC(C)(C)C(=O)N1CCC[C@H]1C(=O)N[C@@H](Cc1ccccc1)C(=O)NC(C)(C)C(=O)N[C@@H](CCC(N)=O)C(=O)N[C@@H](CCC(N)=O)C(=O)NC(C)(C)C(=O)N[C@@H](CCC)C(=O)N[C@@H](CCC(N)=O)C(=O)N[C@@H](C)C(=O)N[C@@H](CC(C)C)C(=O)O. The second kappa shape index (κ2) is 38.3. The quantitative estimate of drug-likeness (QED) is 0.0364. The summed E-state index contributed by atoms with van der Waals surface area (Å²) in [6, 6.07) is -2.56. The number of nitrogens with zero attached hydrogens (tertiary/aromatic N) is 1. The highest BCUT2D eigenvalue weighted by Gasteiger charge is 2.44. The van der Waals surface area contributed by atoms with Crippen LogP contribution in [0.15, 0.2) is 30.3 Å². The number of unbranched alkanes of at least 4 members (excludes halogenated alkanes) is 4. The summed E-state index contributed by atoms with van der Waals surface area (Å²) in [4.78, 5) is 202. The standard InChI is InChI=1S/C63H102N14O16/c1-12-14-15-16-20-26-49(81)74-63(10,11)60(93)77-33-21-25-45(77)56(88)70-43(35-38-23-18-17-19-24-38)55(87)76-62(8,9)59(92)73-41(28-31-47(65)79)53(85)69-42(29-32-48(66)80)54(86)75-61(6,7)58(91)72-39(22-13-2)52(84)68-40(27-30-46(64)78)51(83)67-37(5)50(82)71-44(57(89)90)34-36(3)4/h17-19,23-24,36-37,39-45H,12-16,20-22,25-35H2,1-11H3,(H2,64,78)(H2,65,79)(H2,66,80)(H,67,83)(H,68,84)(H,69,85)(H,70,88)(H,71,82)(H,72,91)(H,73,92)(H,74,81)(H,75,86)(H,76,87)(H,89,90)/t37-,39-,40-,41-,42-,43-,44-,45-/m0/s1. The fourth-order valence-electron chi connectivity index (χ4n) is 10.0. The molecule has 0 radical (unpaired) electrons. The topological polar surface area (TPSA) is 478 Å². The van der Waals surface area contributed by atoms with Crippen LogP contribution in [0, 0.1) is 5.92 Å². The van der Waals surface area contributed by atoms with Crippen LogP contribution in [-0.2, 0) is 78.3 Å². The molecule has 1 aliphatic rings. The van der Waals surface area contributed by atoms with Crippen molar-refractivity contribution in [3.63, 3.8) is 0 Å². The number of carboxylic acids is 1. The molecule has 0 bridgehead atoms. The number of nitrogens with one attached hydrogen (secondary N) is 10. The van der Waals surface area contributed by atoms with Crippen LogP contribution in [-0.4, -0.2) is 170 Å². The van der Waals surface area contributed by atoms with E-state index in [2.05, 4.69) is 60.1 Å². The summed E-state index contributed by atoms with van der Waals surface area (Å²) < 4.78 is 0. The van der Waals surface area contributed by atoms with Crippen molar-refractivity contribution in [1.29, 1.82) is 0 Å². The van der Waals surface area contributed by atoms with E-state index >= 15 is 0 Å². The summed E-state index contributed by atoms with van der Waals surface area (Å²) >= 11 is 0. The van der Waals surface area contributed by atoms with Gasteiger partial charge in [0.1, 0.15) is 65.0 Å². The van der Waals surface area contributed by atoms with E-state index in [9.17, 15) is 77.0 Å². The number of nitrogens with two attached hydrogens (primary N) is 3. The van der Waals surface area contributed by atoms with Gasteiger partial charge in [0.25, 0.3) is 0 Å². The van der Waals surface area contributed by atoms with E-state index in [4.69, 9.17) is 17.2 Å². The number of carboxylic acid groups (broad SMARTS) is 1. The average Bonchev–Trinajstić information content (AvgIpc) is 1.80. The van der Waals surface area contributed by atoms with Gasteiger partial charge in [-0.05, 0) is 111 Å². The van der Waals surface area contributed by atoms with Gasteiger partial charge in [-0.15, -0.1) is 0 Å². The van der Waals surface area contributed by atoms with Gasteiger partial charge in [-0.3, -0.25) is 67.1 Å². The van der Waals surface area contributed by atoms with Crippen LogP contribution in [0.1, 0.15) is 191 Å². The maximum absolute atomic E-state index is 14.4. The molecule has 8 atom stereocenters. The Kier molecular flexibility index (Phi) is 33.1. The number of rotatable bonds is 42. The summed E-state index contributed by atoms with van der Waals surface area (Å²) in [5, 5.41) is 35.0. The van der Waals surface area contributed by atoms with E-state index in [1.54, 1.807) is 65.0 Å². The second-order valence-electron chi connectivity index (χ2n) is 25.7. The first-order valence-electron chi connectivity index (χ1n) is 31.9. The molecule has 0 saturated carbocycles. The lowest BCUT2D eigenvalue weighted by molar-refractivity contribution is -0.145. The van der Waals surface area contributed by atoms with Gasteiger partial charge in [-0.2, -0.15) is 0 Å². The molecule has 0 aliphatic carbocycles. The summed E-state index contributed by atoms with van der Waals surface area (Å²) in [7, 11) is 0. The Morgan fingerprint density at radius 3 is 1.43 bits per heavy atom. The molecule has 30 heteroatoms.